The first-order valence-corrected chi connectivity index (χ1v) is 13.7. The van der Waals surface area contributed by atoms with Crippen LogP contribution in [0.5, 0.6) is 0 Å². The molecule has 0 bridgehead atoms. The van der Waals surface area contributed by atoms with Crippen molar-refractivity contribution in [3.05, 3.63) is 0 Å². The van der Waals surface area contributed by atoms with Gasteiger partial charge in [0.15, 0.2) is 5.79 Å². The summed E-state index contributed by atoms with van der Waals surface area (Å²) in [5.41, 5.74) is 0.493. The van der Waals surface area contributed by atoms with Gasteiger partial charge in [0.2, 0.25) is 0 Å². The number of carbonyl (C=O) groups is 2. The quantitative estimate of drug-likeness (QED) is 0.484. The molecular weight excluding hydrogens is 416 g/mol. The van der Waals surface area contributed by atoms with E-state index < -0.39 is 5.79 Å². The zero-order valence-electron chi connectivity index (χ0n) is 21.6. The zero-order valence-corrected chi connectivity index (χ0v) is 21.6. The summed E-state index contributed by atoms with van der Waals surface area (Å²) in [7, 11) is 1.47. The number of rotatable bonds is 4. The third-order valence-corrected chi connectivity index (χ3v) is 10.6. The molecule has 7 unspecified atom stereocenters. The summed E-state index contributed by atoms with van der Waals surface area (Å²) >= 11 is 0. The monoisotopic (exact) mass is 462 g/mol. The highest BCUT2D eigenvalue weighted by Crippen LogP contribution is 2.68. The van der Waals surface area contributed by atoms with Gasteiger partial charge in [0, 0.05) is 31.6 Å². The smallest absolute Gasteiger partial charge is 0.305 e. The molecule has 5 fully saturated rings. The van der Waals surface area contributed by atoms with Gasteiger partial charge in [-0.2, -0.15) is 0 Å². The van der Waals surface area contributed by atoms with Crippen molar-refractivity contribution >= 4 is 11.8 Å². The molecule has 5 aliphatic rings. The number of Topliss-reactive ketones (excluding diaryl/α,β-unsaturated/α-hetero) is 1. The van der Waals surface area contributed by atoms with E-state index in [1.54, 1.807) is 0 Å². The number of esters is 1. The van der Waals surface area contributed by atoms with Gasteiger partial charge in [-0.1, -0.05) is 27.7 Å². The fourth-order valence-electron chi connectivity index (χ4n) is 8.81. The molecule has 1 heterocycles. The summed E-state index contributed by atoms with van der Waals surface area (Å²) in [6.45, 7) is 10.3. The molecule has 0 radical (unpaired) electrons. The topological polar surface area (TPSA) is 61.8 Å². The number of ether oxygens (including phenoxy) is 3. The van der Waals surface area contributed by atoms with Gasteiger partial charge in [-0.3, -0.25) is 9.59 Å². The second-order valence-corrected chi connectivity index (χ2v) is 11.7. The maximum absolute atomic E-state index is 13.6. The minimum Gasteiger partial charge on any atom is -0.469 e. The third-order valence-electron chi connectivity index (χ3n) is 10.6. The number of hydrogen-bond acceptors (Lipinski definition) is 5. The number of methoxy groups -OCH3 is 1. The van der Waals surface area contributed by atoms with Gasteiger partial charge in [0.1, 0.15) is 5.78 Å². The maximum atomic E-state index is 13.6. The van der Waals surface area contributed by atoms with E-state index in [-0.39, 0.29) is 22.7 Å². The molecule has 4 saturated carbocycles. The highest BCUT2D eigenvalue weighted by molar-refractivity contribution is 5.83. The van der Waals surface area contributed by atoms with Crippen LogP contribution in [-0.4, -0.2) is 37.9 Å². The first-order valence-electron chi connectivity index (χ1n) is 13.7. The van der Waals surface area contributed by atoms with Crippen molar-refractivity contribution in [1.29, 1.82) is 0 Å². The molecule has 1 aliphatic heterocycles. The molecule has 4 aliphatic carbocycles. The van der Waals surface area contributed by atoms with Crippen molar-refractivity contribution in [2.75, 3.05) is 20.3 Å². The van der Waals surface area contributed by atoms with E-state index in [1.807, 2.05) is 13.8 Å². The Kier molecular flexibility index (Phi) is 7.32. The van der Waals surface area contributed by atoms with Gasteiger partial charge in [-0.25, -0.2) is 0 Å². The van der Waals surface area contributed by atoms with E-state index in [0.717, 1.165) is 32.1 Å². The molecule has 5 nitrogen and oxygen atoms in total. The molecule has 7 atom stereocenters. The van der Waals surface area contributed by atoms with E-state index in [2.05, 4.69) is 13.8 Å². The van der Waals surface area contributed by atoms with Crippen LogP contribution in [-0.2, 0) is 23.8 Å². The van der Waals surface area contributed by atoms with Crippen molar-refractivity contribution in [3.63, 3.8) is 0 Å². The van der Waals surface area contributed by atoms with Crippen LogP contribution in [0.25, 0.3) is 0 Å². The minimum atomic E-state index is -0.404. The van der Waals surface area contributed by atoms with Crippen LogP contribution in [0.3, 0.4) is 0 Å². The SMILES string of the molecule is CC.COC(=O)CCCC1CCC2C3C(=O)CC4CC5(CCC4(C)C3CCC12C)OCCO5. The number of carbonyl (C=O) groups excluding carboxylic acids is 2. The molecule has 33 heavy (non-hydrogen) atoms. The average molecular weight is 463 g/mol. The predicted molar refractivity (Wildman–Crippen MR) is 127 cm³/mol. The number of ketones is 1. The Labute approximate surface area is 200 Å². The Bertz CT molecular complexity index is 728. The molecule has 0 aromatic rings. The predicted octanol–water partition coefficient (Wildman–Crippen LogP) is 5.94. The largest absolute Gasteiger partial charge is 0.469 e. The molecule has 188 valence electrons. The summed E-state index contributed by atoms with van der Waals surface area (Å²) in [5.74, 6) is 2.33. The Hall–Kier alpha value is -0.940. The van der Waals surface area contributed by atoms with Crippen LogP contribution in [0.1, 0.15) is 98.3 Å². The van der Waals surface area contributed by atoms with Crippen LogP contribution < -0.4 is 0 Å². The van der Waals surface area contributed by atoms with Crippen molar-refractivity contribution in [2.24, 2.45) is 40.4 Å². The fourth-order valence-corrected chi connectivity index (χ4v) is 8.81. The van der Waals surface area contributed by atoms with E-state index in [4.69, 9.17) is 14.2 Å². The molecule has 5 heteroatoms. The lowest BCUT2D eigenvalue weighted by atomic mass is 9.44. The lowest BCUT2D eigenvalue weighted by Crippen LogP contribution is -2.59. The number of fused-ring (bicyclic) bond motifs is 5. The van der Waals surface area contributed by atoms with Crippen LogP contribution in [0.2, 0.25) is 0 Å². The van der Waals surface area contributed by atoms with Crippen molar-refractivity contribution in [3.8, 4) is 0 Å². The molecule has 0 aromatic heterocycles. The minimum absolute atomic E-state index is 0.102. The Morgan fingerprint density at radius 2 is 1.70 bits per heavy atom. The molecule has 0 amide bonds. The molecular formula is C28H46O5. The lowest BCUT2D eigenvalue weighted by molar-refractivity contribution is -0.226. The van der Waals surface area contributed by atoms with E-state index in [9.17, 15) is 9.59 Å². The number of hydrogen-bond donors (Lipinski definition) is 0. The van der Waals surface area contributed by atoms with Crippen LogP contribution in [0.15, 0.2) is 0 Å². The molecule has 5 rings (SSSR count). The second kappa shape index (κ2) is 9.60. The first-order chi connectivity index (χ1) is 15.8. The van der Waals surface area contributed by atoms with E-state index in [1.165, 1.54) is 32.8 Å². The van der Waals surface area contributed by atoms with Crippen LogP contribution in [0, 0.1) is 40.4 Å². The lowest BCUT2D eigenvalue weighted by Gasteiger charge is -2.61. The van der Waals surface area contributed by atoms with Gasteiger partial charge in [-0.05, 0) is 79.4 Å². The van der Waals surface area contributed by atoms with Crippen LogP contribution >= 0.6 is 0 Å². The Morgan fingerprint density at radius 3 is 2.39 bits per heavy atom. The standard InChI is InChI=1S/C26H40O5.C2H6/c1-24-10-9-20-23(19(24)8-7-17(24)5-4-6-22(28)29-3)21(27)15-18-16-26(30-13-14-31-26)12-11-25(18,20)2;1-2/h17-20,23H,4-16H2,1-3H3;1-2H3. The maximum Gasteiger partial charge on any atom is 0.305 e. The highest BCUT2D eigenvalue weighted by atomic mass is 16.7. The summed E-state index contributed by atoms with van der Waals surface area (Å²) in [5, 5.41) is 0. The van der Waals surface area contributed by atoms with E-state index >= 15 is 0 Å². The molecule has 0 N–H and O–H groups in total. The zero-order chi connectivity index (χ0) is 23.9. The summed E-state index contributed by atoms with van der Waals surface area (Å²) in [6, 6.07) is 0. The van der Waals surface area contributed by atoms with Gasteiger partial charge in [0.05, 0.1) is 20.3 Å². The van der Waals surface area contributed by atoms with E-state index in [0.29, 0.717) is 55.5 Å². The average Bonchev–Trinajstić information content (AvgIpc) is 3.41. The molecule has 1 spiro atoms. The molecule has 0 aromatic carbocycles. The van der Waals surface area contributed by atoms with Gasteiger partial charge < -0.3 is 14.2 Å². The van der Waals surface area contributed by atoms with Gasteiger partial charge in [0.25, 0.3) is 0 Å². The third kappa shape index (κ3) is 4.20. The second-order valence-electron chi connectivity index (χ2n) is 11.7. The van der Waals surface area contributed by atoms with Gasteiger partial charge >= 0.3 is 5.97 Å². The fraction of sp³-hybridized carbons (Fsp3) is 0.929. The highest BCUT2D eigenvalue weighted by Gasteiger charge is 2.64. The van der Waals surface area contributed by atoms with Gasteiger partial charge in [-0.15, -0.1) is 0 Å². The van der Waals surface area contributed by atoms with Crippen LogP contribution in [0.4, 0.5) is 0 Å². The summed E-state index contributed by atoms with van der Waals surface area (Å²) < 4.78 is 16.9. The van der Waals surface area contributed by atoms with Crippen molar-refractivity contribution in [2.45, 2.75) is 104 Å². The van der Waals surface area contributed by atoms with Crippen molar-refractivity contribution < 1.29 is 23.8 Å². The summed E-state index contributed by atoms with van der Waals surface area (Å²) in [6.07, 6.45) is 11.0. The first kappa shape index (κ1) is 25.2. The summed E-state index contributed by atoms with van der Waals surface area (Å²) in [4.78, 5) is 25.2. The van der Waals surface area contributed by atoms with Crippen molar-refractivity contribution in [1.82, 2.24) is 0 Å². The Balaban J connectivity index is 0.00000126. The normalized spacial score (nSPS) is 43.2. The molecule has 1 saturated heterocycles. The Morgan fingerprint density at radius 1 is 1.00 bits per heavy atom.